The molecule has 0 saturated heterocycles. The Hall–Kier alpha value is -4.33. The van der Waals surface area contributed by atoms with Crippen molar-refractivity contribution >= 4 is 22.6 Å². The molecule has 1 N–H and O–H groups in total. The molecule has 0 aliphatic carbocycles. The molecule has 0 aliphatic rings. The van der Waals surface area contributed by atoms with Crippen molar-refractivity contribution in [2.75, 3.05) is 0 Å². The van der Waals surface area contributed by atoms with Gasteiger partial charge in [-0.1, -0.05) is 67.6 Å². The Bertz CT molecular complexity index is 1520. The standard InChI is InChI=1S/C25H21N5O3/c1-2-18-21(17-11-7-4-8-12-17)23-27-26-22-19(30(23)28-18)13-14-29(24(22)31)20(25(32)33)15-16-9-5-3-6-10-16/h3-14,20H,2,15H2,1H3,(H,32,33)/t20-/m1/s1. The van der Waals surface area contributed by atoms with Gasteiger partial charge in [-0.3, -0.25) is 9.36 Å². The van der Waals surface area contributed by atoms with Crippen LogP contribution in [0.15, 0.2) is 77.7 Å². The van der Waals surface area contributed by atoms with Gasteiger partial charge in [0.15, 0.2) is 11.2 Å². The first-order valence-corrected chi connectivity index (χ1v) is 10.7. The summed E-state index contributed by atoms with van der Waals surface area (Å²) in [5.41, 5.74) is 4.13. The highest BCUT2D eigenvalue weighted by molar-refractivity contribution is 5.84. The highest BCUT2D eigenvalue weighted by Crippen LogP contribution is 2.28. The number of benzene rings is 2. The molecule has 3 heterocycles. The molecule has 0 fully saturated rings. The fraction of sp³-hybridized carbons (Fsp3) is 0.160. The van der Waals surface area contributed by atoms with E-state index in [0.717, 1.165) is 22.4 Å². The van der Waals surface area contributed by atoms with Gasteiger partial charge in [0.1, 0.15) is 11.6 Å². The maximum Gasteiger partial charge on any atom is 0.327 e. The smallest absolute Gasteiger partial charge is 0.327 e. The van der Waals surface area contributed by atoms with Crippen molar-refractivity contribution in [1.82, 2.24) is 24.4 Å². The lowest BCUT2D eigenvalue weighted by Gasteiger charge is -2.16. The van der Waals surface area contributed by atoms with E-state index in [1.165, 1.54) is 10.8 Å². The summed E-state index contributed by atoms with van der Waals surface area (Å²) < 4.78 is 2.84. The van der Waals surface area contributed by atoms with Crippen LogP contribution in [-0.4, -0.2) is 35.5 Å². The third kappa shape index (κ3) is 3.55. The molecule has 5 aromatic rings. The van der Waals surface area contributed by atoms with Crippen LogP contribution in [0.4, 0.5) is 0 Å². The fourth-order valence-corrected chi connectivity index (χ4v) is 4.14. The number of hydrogen-bond acceptors (Lipinski definition) is 5. The van der Waals surface area contributed by atoms with Gasteiger partial charge >= 0.3 is 5.97 Å². The van der Waals surface area contributed by atoms with Crippen LogP contribution in [0.25, 0.3) is 27.8 Å². The van der Waals surface area contributed by atoms with Gasteiger partial charge in [-0.15, -0.1) is 10.2 Å². The molecule has 0 unspecified atom stereocenters. The number of nitrogens with zero attached hydrogens (tertiary/aromatic N) is 5. The van der Waals surface area contributed by atoms with Crippen molar-refractivity contribution in [3.05, 3.63) is 94.5 Å². The largest absolute Gasteiger partial charge is 0.480 e. The summed E-state index contributed by atoms with van der Waals surface area (Å²) in [4.78, 5) is 25.3. The maximum atomic E-state index is 13.3. The van der Waals surface area contributed by atoms with Gasteiger partial charge < -0.3 is 5.11 Å². The molecule has 0 aliphatic heterocycles. The average molecular weight is 439 g/mol. The highest BCUT2D eigenvalue weighted by Gasteiger charge is 2.24. The van der Waals surface area contributed by atoms with Crippen LogP contribution >= 0.6 is 0 Å². The molecular weight excluding hydrogens is 418 g/mol. The summed E-state index contributed by atoms with van der Waals surface area (Å²) in [7, 11) is 0. The van der Waals surface area contributed by atoms with E-state index in [0.29, 0.717) is 17.6 Å². The van der Waals surface area contributed by atoms with Crippen LogP contribution in [0.5, 0.6) is 0 Å². The van der Waals surface area contributed by atoms with Crippen molar-refractivity contribution in [3.8, 4) is 11.1 Å². The normalized spacial score (nSPS) is 12.3. The second kappa shape index (κ2) is 8.31. The van der Waals surface area contributed by atoms with Crippen molar-refractivity contribution < 1.29 is 9.90 Å². The Balaban J connectivity index is 1.68. The van der Waals surface area contributed by atoms with E-state index < -0.39 is 17.6 Å². The Morgan fingerprint density at radius 1 is 1.00 bits per heavy atom. The van der Waals surface area contributed by atoms with Gasteiger partial charge in [-0.2, -0.15) is 5.10 Å². The number of aryl methyl sites for hydroxylation is 1. The predicted octanol–water partition coefficient (Wildman–Crippen LogP) is 3.54. The third-order valence-electron chi connectivity index (χ3n) is 5.77. The second-order valence-electron chi connectivity index (χ2n) is 7.78. The van der Waals surface area contributed by atoms with Gasteiger partial charge in [0.05, 0.1) is 11.3 Å². The summed E-state index contributed by atoms with van der Waals surface area (Å²) in [6, 6.07) is 19.7. The van der Waals surface area contributed by atoms with Crippen LogP contribution in [0.3, 0.4) is 0 Å². The molecule has 33 heavy (non-hydrogen) atoms. The van der Waals surface area contributed by atoms with E-state index in [-0.39, 0.29) is 11.9 Å². The monoisotopic (exact) mass is 439 g/mol. The zero-order valence-corrected chi connectivity index (χ0v) is 17.9. The van der Waals surface area contributed by atoms with Crippen LogP contribution in [0.1, 0.15) is 24.2 Å². The number of aromatic nitrogens is 5. The summed E-state index contributed by atoms with van der Waals surface area (Å²) in [6.45, 7) is 2.01. The van der Waals surface area contributed by atoms with Crippen molar-refractivity contribution in [2.24, 2.45) is 0 Å². The van der Waals surface area contributed by atoms with E-state index in [1.807, 2.05) is 67.6 Å². The Morgan fingerprint density at radius 3 is 2.36 bits per heavy atom. The lowest BCUT2D eigenvalue weighted by atomic mass is 10.0. The third-order valence-corrected chi connectivity index (χ3v) is 5.77. The summed E-state index contributed by atoms with van der Waals surface area (Å²) in [6.07, 6.45) is 2.37. The Morgan fingerprint density at radius 2 is 1.70 bits per heavy atom. The van der Waals surface area contributed by atoms with E-state index in [4.69, 9.17) is 5.10 Å². The van der Waals surface area contributed by atoms with Gasteiger partial charge in [0.2, 0.25) is 0 Å². The minimum atomic E-state index is -1.09. The molecule has 0 bridgehead atoms. The first-order chi connectivity index (χ1) is 16.1. The molecule has 0 spiro atoms. The van der Waals surface area contributed by atoms with Crippen LogP contribution in [0, 0.1) is 0 Å². The number of hydrogen-bond donors (Lipinski definition) is 1. The summed E-state index contributed by atoms with van der Waals surface area (Å²) in [5, 5.41) is 23.1. The molecule has 1 atom stereocenters. The minimum Gasteiger partial charge on any atom is -0.480 e. The number of carbonyl (C=O) groups is 1. The van der Waals surface area contributed by atoms with E-state index >= 15 is 0 Å². The number of fused-ring (bicyclic) bond motifs is 3. The number of rotatable bonds is 6. The molecule has 8 nitrogen and oxygen atoms in total. The molecule has 5 rings (SSSR count). The van der Waals surface area contributed by atoms with E-state index in [2.05, 4.69) is 10.2 Å². The van der Waals surface area contributed by atoms with Gasteiger partial charge in [-0.25, -0.2) is 9.31 Å². The Kier molecular flexibility index (Phi) is 5.18. The highest BCUT2D eigenvalue weighted by atomic mass is 16.4. The maximum absolute atomic E-state index is 13.3. The average Bonchev–Trinajstić information content (AvgIpc) is 3.23. The van der Waals surface area contributed by atoms with Crippen molar-refractivity contribution in [3.63, 3.8) is 0 Å². The predicted molar refractivity (Wildman–Crippen MR) is 124 cm³/mol. The van der Waals surface area contributed by atoms with E-state index in [9.17, 15) is 14.7 Å². The molecule has 2 aromatic carbocycles. The minimum absolute atomic E-state index is 0.0778. The van der Waals surface area contributed by atoms with Gasteiger partial charge in [0.25, 0.3) is 5.56 Å². The Labute approximate surface area is 188 Å². The molecule has 0 radical (unpaired) electrons. The summed E-state index contributed by atoms with van der Waals surface area (Å²) in [5.74, 6) is -1.09. The fourth-order valence-electron chi connectivity index (χ4n) is 4.14. The molecule has 0 amide bonds. The molecule has 3 aromatic heterocycles. The topological polar surface area (TPSA) is 102 Å². The van der Waals surface area contributed by atoms with Crippen molar-refractivity contribution in [2.45, 2.75) is 25.8 Å². The van der Waals surface area contributed by atoms with Crippen molar-refractivity contribution in [1.29, 1.82) is 0 Å². The summed E-state index contributed by atoms with van der Waals surface area (Å²) >= 11 is 0. The second-order valence-corrected chi connectivity index (χ2v) is 7.78. The quantitative estimate of drug-likeness (QED) is 0.434. The lowest BCUT2D eigenvalue weighted by molar-refractivity contribution is -0.141. The van der Waals surface area contributed by atoms with E-state index in [1.54, 1.807) is 10.6 Å². The van der Waals surface area contributed by atoms with Gasteiger partial charge in [-0.05, 0) is 23.6 Å². The first-order valence-electron chi connectivity index (χ1n) is 10.7. The molecular formula is C25H21N5O3. The molecule has 164 valence electrons. The van der Waals surface area contributed by atoms with Gasteiger partial charge in [0, 0.05) is 12.6 Å². The zero-order chi connectivity index (χ0) is 22.9. The number of pyridine rings is 1. The van der Waals surface area contributed by atoms with Crippen LogP contribution in [0.2, 0.25) is 0 Å². The molecule has 0 saturated carbocycles. The zero-order valence-electron chi connectivity index (χ0n) is 17.9. The number of carboxylic acids is 1. The van der Waals surface area contributed by atoms with Crippen LogP contribution < -0.4 is 5.56 Å². The SMILES string of the molecule is CCc1nn2c(nnc3c(=O)n([C@H](Cc4ccccc4)C(=O)O)ccc32)c1-c1ccccc1. The molecule has 8 heteroatoms. The number of carboxylic acid groups (broad SMARTS) is 1. The lowest BCUT2D eigenvalue weighted by Crippen LogP contribution is -2.31. The number of aliphatic carboxylic acids is 1. The van der Waals surface area contributed by atoms with Crippen LogP contribution in [-0.2, 0) is 17.6 Å². The first kappa shape index (κ1) is 20.6.